The molecular formula is C16H23NO4. The van der Waals surface area contributed by atoms with Crippen molar-refractivity contribution in [3.63, 3.8) is 0 Å². The number of aliphatic hydroxyl groups excluding tert-OH is 1. The maximum atomic E-state index is 10.1. The average molecular weight is 293 g/mol. The first-order valence-electron chi connectivity index (χ1n) is 7.74. The van der Waals surface area contributed by atoms with E-state index in [0.29, 0.717) is 24.7 Å². The molecule has 0 spiro atoms. The van der Waals surface area contributed by atoms with Gasteiger partial charge in [-0.15, -0.1) is 0 Å². The number of nitrogens with zero attached hydrogens (tertiary/aromatic N) is 1. The molecule has 1 aromatic rings. The molecule has 3 rings (SSSR count). The van der Waals surface area contributed by atoms with Crippen LogP contribution in [0.2, 0.25) is 0 Å². The Morgan fingerprint density at radius 2 is 1.86 bits per heavy atom. The lowest BCUT2D eigenvalue weighted by molar-refractivity contribution is 0.0693. The average Bonchev–Trinajstić information content (AvgIpc) is 2.81. The van der Waals surface area contributed by atoms with Gasteiger partial charge in [-0.2, -0.15) is 0 Å². The Balaban J connectivity index is 1.45. The number of benzene rings is 1. The van der Waals surface area contributed by atoms with Crippen molar-refractivity contribution in [3.05, 3.63) is 18.2 Å². The van der Waals surface area contributed by atoms with Gasteiger partial charge in [0.25, 0.3) is 0 Å². The summed E-state index contributed by atoms with van der Waals surface area (Å²) in [6, 6.07) is 5.48. The number of fused-ring (bicyclic) bond motifs is 1. The molecule has 2 aliphatic rings. The molecule has 0 amide bonds. The zero-order chi connectivity index (χ0) is 14.5. The summed E-state index contributed by atoms with van der Waals surface area (Å²) in [4.78, 5) is 2.33. The van der Waals surface area contributed by atoms with Gasteiger partial charge in [-0.25, -0.2) is 0 Å². The van der Waals surface area contributed by atoms with Gasteiger partial charge in [0.15, 0.2) is 11.5 Å². The second kappa shape index (κ2) is 7.00. The lowest BCUT2D eigenvalue weighted by Crippen LogP contribution is -2.36. The largest absolute Gasteiger partial charge is 0.491 e. The highest BCUT2D eigenvalue weighted by Crippen LogP contribution is 2.35. The third-order valence-electron chi connectivity index (χ3n) is 3.95. The van der Waals surface area contributed by atoms with Crippen LogP contribution in [0.4, 0.5) is 0 Å². The Labute approximate surface area is 125 Å². The maximum Gasteiger partial charge on any atom is 0.231 e. The smallest absolute Gasteiger partial charge is 0.231 e. The van der Waals surface area contributed by atoms with Crippen LogP contribution in [0.25, 0.3) is 0 Å². The van der Waals surface area contributed by atoms with Crippen LogP contribution in [0.1, 0.15) is 25.7 Å². The van der Waals surface area contributed by atoms with Gasteiger partial charge in [-0.3, -0.25) is 0 Å². The van der Waals surface area contributed by atoms with Crippen LogP contribution in [0.5, 0.6) is 17.2 Å². The molecule has 5 nitrogen and oxygen atoms in total. The minimum absolute atomic E-state index is 0.260. The van der Waals surface area contributed by atoms with E-state index in [1.807, 2.05) is 12.1 Å². The fourth-order valence-electron chi connectivity index (χ4n) is 2.83. The third kappa shape index (κ3) is 4.02. The number of β-amino-alcohol motifs (C(OH)–C–C–N with tert-alkyl or cyclic N) is 1. The van der Waals surface area contributed by atoms with Gasteiger partial charge in [0, 0.05) is 12.6 Å². The quantitative estimate of drug-likeness (QED) is 0.900. The van der Waals surface area contributed by atoms with E-state index < -0.39 is 6.10 Å². The lowest BCUT2D eigenvalue weighted by Gasteiger charge is -2.23. The van der Waals surface area contributed by atoms with E-state index in [9.17, 15) is 5.11 Å². The molecule has 0 bridgehead atoms. The Bertz CT molecular complexity index is 458. The molecule has 21 heavy (non-hydrogen) atoms. The normalized spacial score (nSPS) is 20.0. The van der Waals surface area contributed by atoms with Crippen LogP contribution in [0, 0.1) is 0 Å². The lowest BCUT2D eigenvalue weighted by atomic mass is 10.2. The summed E-state index contributed by atoms with van der Waals surface area (Å²) in [5.41, 5.74) is 0. The second-order valence-corrected chi connectivity index (χ2v) is 5.69. The van der Waals surface area contributed by atoms with E-state index in [2.05, 4.69) is 4.90 Å². The molecule has 5 heteroatoms. The van der Waals surface area contributed by atoms with E-state index in [1.54, 1.807) is 6.07 Å². The summed E-state index contributed by atoms with van der Waals surface area (Å²) in [7, 11) is 0. The molecule has 0 aliphatic carbocycles. The Kier molecular flexibility index (Phi) is 4.83. The first kappa shape index (κ1) is 14.5. The van der Waals surface area contributed by atoms with Gasteiger partial charge in [0.1, 0.15) is 18.5 Å². The number of rotatable bonds is 5. The van der Waals surface area contributed by atoms with Crippen molar-refractivity contribution in [2.45, 2.75) is 31.8 Å². The summed E-state index contributed by atoms with van der Waals surface area (Å²) >= 11 is 0. The molecule has 1 fully saturated rings. The molecule has 1 N–H and O–H groups in total. The van der Waals surface area contributed by atoms with Crippen molar-refractivity contribution >= 4 is 0 Å². The molecule has 1 atom stereocenters. The van der Waals surface area contributed by atoms with Crippen molar-refractivity contribution in [1.29, 1.82) is 0 Å². The van der Waals surface area contributed by atoms with Crippen molar-refractivity contribution < 1.29 is 19.3 Å². The Morgan fingerprint density at radius 1 is 1.10 bits per heavy atom. The molecule has 1 aromatic carbocycles. The van der Waals surface area contributed by atoms with Crippen LogP contribution in [0.15, 0.2) is 18.2 Å². The van der Waals surface area contributed by atoms with E-state index in [4.69, 9.17) is 14.2 Å². The first-order valence-corrected chi connectivity index (χ1v) is 7.74. The molecule has 1 saturated heterocycles. The maximum absolute atomic E-state index is 10.1. The van der Waals surface area contributed by atoms with Gasteiger partial charge in [-0.05, 0) is 38.1 Å². The molecule has 116 valence electrons. The van der Waals surface area contributed by atoms with Gasteiger partial charge in [-0.1, -0.05) is 12.8 Å². The van der Waals surface area contributed by atoms with Crippen LogP contribution in [-0.2, 0) is 0 Å². The standard InChI is InChI=1S/C16H23NO4/c18-13(10-17-7-3-1-2-4-8-17)11-19-14-5-6-15-16(9-14)21-12-20-15/h5-6,9,13,18H,1-4,7-8,10-12H2/t13-/m0/s1. The second-order valence-electron chi connectivity index (χ2n) is 5.69. The van der Waals surface area contributed by atoms with E-state index in [-0.39, 0.29) is 6.79 Å². The van der Waals surface area contributed by atoms with E-state index in [1.165, 1.54) is 25.7 Å². The highest BCUT2D eigenvalue weighted by Gasteiger charge is 2.16. The molecule has 0 radical (unpaired) electrons. The zero-order valence-corrected chi connectivity index (χ0v) is 12.3. The SMILES string of the molecule is O[C@H](COc1ccc2c(c1)OCO2)CN1CCCCCC1. The predicted molar refractivity (Wildman–Crippen MR) is 79.0 cm³/mol. The summed E-state index contributed by atoms with van der Waals surface area (Å²) in [5.74, 6) is 2.15. The fraction of sp³-hybridized carbons (Fsp3) is 0.625. The van der Waals surface area contributed by atoms with E-state index >= 15 is 0 Å². The van der Waals surface area contributed by atoms with Gasteiger partial charge in [0.2, 0.25) is 6.79 Å². The molecular weight excluding hydrogens is 270 g/mol. The van der Waals surface area contributed by atoms with Crippen molar-refractivity contribution in [2.24, 2.45) is 0 Å². The first-order chi connectivity index (χ1) is 10.3. The number of aliphatic hydroxyl groups is 1. The minimum Gasteiger partial charge on any atom is -0.491 e. The summed E-state index contributed by atoms with van der Waals surface area (Å²) in [6.07, 6.45) is 4.61. The number of hydrogen-bond donors (Lipinski definition) is 1. The third-order valence-corrected chi connectivity index (χ3v) is 3.95. The van der Waals surface area contributed by atoms with Gasteiger partial charge >= 0.3 is 0 Å². The summed E-state index contributed by atoms with van der Waals surface area (Å²) in [5, 5.41) is 10.1. The van der Waals surface area contributed by atoms with Crippen molar-refractivity contribution in [1.82, 2.24) is 4.90 Å². The van der Waals surface area contributed by atoms with Crippen molar-refractivity contribution in [3.8, 4) is 17.2 Å². The topological polar surface area (TPSA) is 51.2 Å². The molecule has 0 saturated carbocycles. The van der Waals surface area contributed by atoms with Gasteiger partial charge < -0.3 is 24.2 Å². The van der Waals surface area contributed by atoms with Crippen LogP contribution < -0.4 is 14.2 Å². The van der Waals surface area contributed by atoms with Crippen LogP contribution in [-0.4, -0.2) is 49.1 Å². The highest BCUT2D eigenvalue weighted by molar-refractivity contribution is 5.46. The molecule has 0 aromatic heterocycles. The highest BCUT2D eigenvalue weighted by atomic mass is 16.7. The van der Waals surface area contributed by atoms with Crippen molar-refractivity contribution in [2.75, 3.05) is 33.0 Å². The zero-order valence-electron chi connectivity index (χ0n) is 12.3. The number of likely N-dealkylation sites (tertiary alicyclic amines) is 1. The fourth-order valence-corrected chi connectivity index (χ4v) is 2.83. The minimum atomic E-state index is -0.464. The van der Waals surface area contributed by atoms with Crippen LogP contribution in [0.3, 0.4) is 0 Å². The molecule has 2 heterocycles. The monoisotopic (exact) mass is 293 g/mol. The molecule has 0 unspecified atom stereocenters. The Hall–Kier alpha value is -1.46. The van der Waals surface area contributed by atoms with Crippen LogP contribution >= 0.6 is 0 Å². The Morgan fingerprint density at radius 3 is 2.67 bits per heavy atom. The summed E-state index contributed by atoms with van der Waals surface area (Å²) in [6.45, 7) is 3.42. The van der Waals surface area contributed by atoms with Gasteiger partial charge in [0.05, 0.1) is 0 Å². The summed E-state index contributed by atoms with van der Waals surface area (Å²) < 4.78 is 16.2. The molecule has 2 aliphatic heterocycles. The van der Waals surface area contributed by atoms with E-state index in [0.717, 1.165) is 18.8 Å². The predicted octanol–water partition coefficient (Wildman–Crippen LogP) is 2.03. The number of hydrogen-bond acceptors (Lipinski definition) is 5. The number of ether oxygens (including phenoxy) is 3.